The molecule has 4 N–H and O–H groups in total. The summed E-state index contributed by atoms with van der Waals surface area (Å²) in [5.41, 5.74) is 7.03. The molecule has 0 bridgehead atoms. The molecule has 5 nitrogen and oxygen atoms in total. The molecule has 100 valence electrons. The second-order valence-electron chi connectivity index (χ2n) is 4.57. The maximum absolute atomic E-state index is 8.91. The molecule has 0 aliphatic heterocycles. The Morgan fingerprint density at radius 3 is 2.83 bits per heavy atom. The molecule has 0 saturated carbocycles. The number of nitrogens with two attached hydrogens (primary N) is 1. The van der Waals surface area contributed by atoms with E-state index in [1.165, 1.54) is 0 Å². The lowest BCUT2D eigenvalue weighted by atomic mass is 10.1. The highest BCUT2D eigenvalue weighted by molar-refractivity contribution is 5.94. The zero-order chi connectivity index (χ0) is 13.5. The van der Waals surface area contributed by atoms with Gasteiger partial charge < -0.3 is 10.8 Å². The van der Waals surface area contributed by atoms with Gasteiger partial charge in [0.05, 0.1) is 0 Å². The van der Waals surface area contributed by atoms with E-state index in [9.17, 15) is 0 Å². The molecule has 1 rings (SSSR count). The summed E-state index contributed by atoms with van der Waals surface area (Å²) >= 11 is 0. The van der Waals surface area contributed by atoms with E-state index in [1.54, 1.807) is 6.20 Å². The van der Waals surface area contributed by atoms with E-state index in [0.29, 0.717) is 18.3 Å². The average Bonchev–Trinajstić information content (AvgIpc) is 2.34. The van der Waals surface area contributed by atoms with Gasteiger partial charge in [-0.3, -0.25) is 15.3 Å². The van der Waals surface area contributed by atoms with Crippen molar-refractivity contribution in [2.75, 3.05) is 13.2 Å². The normalized spacial score (nSPS) is 11.2. The lowest BCUT2D eigenvalue weighted by molar-refractivity contribution is 0.184. The zero-order valence-corrected chi connectivity index (χ0v) is 11.1. The standard InChI is InChI=1S/C13H22N4O/c1-10(2)17(7-4-8-18)9-11-5-3-6-16-12(11)13(14)15/h3,5-6,10,18H,4,7-9H2,1-2H3,(H3,14,15). The molecule has 1 aromatic rings. The van der Waals surface area contributed by atoms with E-state index in [0.717, 1.165) is 18.5 Å². The van der Waals surface area contributed by atoms with Crippen molar-refractivity contribution in [1.82, 2.24) is 9.88 Å². The number of hydrogen-bond acceptors (Lipinski definition) is 4. The van der Waals surface area contributed by atoms with Crippen LogP contribution in [0.1, 0.15) is 31.5 Å². The lowest BCUT2D eigenvalue weighted by Gasteiger charge is -2.26. The number of aromatic nitrogens is 1. The molecule has 0 aliphatic carbocycles. The number of aliphatic hydroxyl groups excluding tert-OH is 1. The summed E-state index contributed by atoms with van der Waals surface area (Å²) in [4.78, 5) is 6.38. The summed E-state index contributed by atoms with van der Waals surface area (Å²) in [6.45, 7) is 5.93. The van der Waals surface area contributed by atoms with Gasteiger partial charge in [0.2, 0.25) is 0 Å². The van der Waals surface area contributed by atoms with Crippen LogP contribution in [0.5, 0.6) is 0 Å². The second kappa shape index (κ2) is 7.08. The third kappa shape index (κ3) is 4.09. The zero-order valence-electron chi connectivity index (χ0n) is 11.1. The van der Waals surface area contributed by atoms with Crippen LogP contribution in [0.15, 0.2) is 18.3 Å². The fourth-order valence-electron chi connectivity index (χ4n) is 1.82. The largest absolute Gasteiger partial charge is 0.396 e. The van der Waals surface area contributed by atoms with Gasteiger partial charge in [-0.15, -0.1) is 0 Å². The minimum absolute atomic E-state index is 0.00327. The maximum atomic E-state index is 8.91. The number of amidine groups is 1. The number of hydrogen-bond donors (Lipinski definition) is 3. The van der Waals surface area contributed by atoms with Crippen molar-refractivity contribution < 1.29 is 5.11 Å². The first-order valence-electron chi connectivity index (χ1n) is 6.19. The molecule has 18 heavy (non-hydrogen) atoms. The molecule has 0 atom stereocenters. The van der Waals surface area contributed by atoms with E-state index in [1.807, 2.05) is 12.1 Å². The predicted octanol–water partition coefficient (Wildman–Crippen LogP) is 0.958. The van der Waals surface area contributed by atoms with Gasteiger partial charge in [-0.1, -0.05) is 6.07 Å². The van der Waals surface area contributed by atoms with Crippen LogP contribution in [0, 0.1) is 5.41 Å². The molecule has 0 aromatic carbocycles. The molecule has 1 heterocycles. The van der Waals surface area contributed by atoms with Crippen LogP contribution in [-0.2, 0) is 6.54 Å². The molecular weight excluding hydrogens is 228 g/mol. The molecule has 0 amide bonds. The summed E-state index contributed by atoms with van der Waals surface area (Å²) in [5, 5.41) is 16.4. The molecule has 1 aromatic heterocycles. The van der Waals surface area contributed by atoms with Crippen LogP contribution in [0.3, 0.4) is 0 Å². The number of nitrogens with zero attached hydrogens (tertiary/aromatic N) is 2. The highest BCUT2D eigenvalue weighted by Crippen LogP contribution is 2.11. The molecule has 0 saturated heterocycles. The molecule has 5 heteroatoms. The van der Waals surface area contributed by atoms with Crippen LogP contribution >= 0.6 is 0 Å². The van der Waals surface area contributed by atoms with E-state index < -0.39 is 0 Å². The Labute approximate surface area is 108 Å². The van der Waals surface area contributed by atoms with E-state index >= 15 is 0 Å². The van der Waals surface area contributed by atoms with Crippen molar-refractivity contribution in [1.29, 1.82) is 5.41 Å². The fraction of sp³-hybridized carbons (Fsp3) is 0.538. The van der Waals surface area contributed by atoms with Crippen molar-refractivity contribution >= 4 is 5.84 Å². The summed E-state index contributed by atoms with van der Waals surface area (Å²) in [6, 6.07) is 4.17. The topological polar surface area (TPSA) is 86.2 Å². The third-order valence-corrected chi connectivity index (χ3v) is 2.85. The van der Waals surface area contributed by atoms with E-state index in [2.05, 4.69) is 23.7 Å². The highest BCUT2D eigenvalue weighted by Gasteiger charge is 2.13. The van der Waals surface area contributed by atoms with Crippen molar-refractivity contribution in [3.8, 4) is 0 Å². The second-order valence-corrected chi connectivity index (χ2v) is 4.57. The molecular formula is C13H22N4O. The minimum atomic E-state index is -0.00327. The first-order chi connectivity index (χ1) is 8.56. The van der Waals surface area contributed by atoms with E-state index in [-0.39, 0.29) is 12.4 Å². The predicted molar refractivity (Wildman–Crippen MR) is 72.5 cm³/mol. The Hall–Kier alpha value is -1.46. The van der Waals surface area contributed by atoms with Gasteiger partial charge in [-0.2, -0.15) is 0 Å². The minimum Gasteiger partial charge on any atom is -0.396 e. The van der Waals surface area contributed by atoms with E-state index in [4.69, 9.17) is 16.2 Å². The van der Waals surface area contributed by atoms with Crippen molar-refractivity contribution in [2.24, 2.45) is 5.73 Å². The first-order valence-corrected chi connectivity index (χ1v) is 6.19. The Balaban J connectivity index is 2.83. The van der Waals surface area contributed by atoms with Gasteiger partial charge in [0.25, 0.3) is 0 Å². The first kappa shape index (κ1) is 14.6. The van der Waals surface area contributed by atoms with Crippen LogP contribution in [0.2, 0.25) is 0 Å². The SMILES string of the molecule is CC(C)N(CCCO)Cc1cccnc1C(=N)N. The number of nitrogens with one attached hydrogen (secondary N) is 1. The molecule has 0 unspecified atom stereocenters. The summed E-state index contributed by atoms with van der Waals surface area (Å²) in [7, 11) is 0. The fourth-order valence-corrected chi connectivity index (χ4v) is 1.82. The average molecular weight is 250 g/mol. The van der Waals surface area contributed by atoms with Gasteiger partial charge in [-0.25, -0.2) is 0 Å². The number of pyridine rings is 1. The monoisotopic (exact) mass is 250 g/mol. The van der Waals surface area contributed by atoms with Gasteiger partial charge in [0.15, 0.2) is 0 Å². The Bertz CT molecular complexity index is 392. The Kier molecular flexibility index (Phi) is 5.74. The van der Waals surface area contributed by atoms with Crippen LogP contribution in [-0.4, -0.2) is 40.0 Å². The van der Waals surface area contributed by atoms with Gasteiger partial charge in [0.1, 0.15) is 11.5 Å². The summed E-state index contributed by atoms with van der Waals surface area (Å²) < 4.78 is 0. The van der Waals surface area contributed by atoms with Crippen molar-refractivity contribution in [3.05, 3.63) is 29.6 Å². The van der Waals surface area contributed by atoms with Crippen LogP contribution in [0.4, 0.5) is 0 Å². The Morgan fingerprint density at radius 1 is 1.56 bits per heavy atom. The molecule has 0 spiro atoms. The third-order valence-electron chi connectivity index (χ3n) is 2.85. The van der Waals surface area contributed by atoms with Gasteiger partial charge in [0, 0.05) is 31.9 Å². The smallest absolute Gasteiger partial charge is 0.142 e. The lowest BCUT2D eigenvalue weighted by Crippen LogP contribution is -2.33. The van der Waals surface area contributed by atoms with Gasteiger partial charge in [-0.05, 0) is 31.9 Å². The number of nitrogen functional groups attached to an aromatic ring is 1. The Morgan fingerprint density at radius 2 is 2.28 bits per heavy atom. The van der Waals surface area contributed by atoms with Crippen molar-refractivity contribution in [3.63, 3.8) is 0 Å². The summed E-state index contributed by atoms with van der Waals surface area (Å²) in [6.07, 6.45) is 2.39. The quantitative estimate of drug-likeness (QED) is 0.497. The molecule has 0 fully saturated rings. The highest BCUT2D eigenvalue weighted by atomic mass is 16.3. The number of rotatable bonds is 7. The maximum Gasteiger partial charge on any atom is 0.142 e. The molecule has 0 aliphatic rings. The van der Waals surface area contributed by atoms with Crippen molar-refractivity contribution in [2.45, 2.75) is 32.9 Å². The summed E-state index contributed by atoms with van der Waals surface area (Å²) in [5.74, 6) is -0.00327. The molecule has 0 radical (unpaired) electrons. The van der Waals surface area contributed by atoms with Crippen LogP contribution in [0.25, 0.3) is 0 Å². The number of aliphatic hydroxyl groups is 1. The van der Waals surface area contributed by atoms with Crippen LogP contribution < -0.4 is 5.73 Å². The van der Waals surface area contributed by atoms with Gasteiger partial charge >= 0.3 is 0 Å².